The minimum atomic E-state index is 0.352. The molecule has 0 bridgehead atoms. The van der Waals surface area contributed by atoms with Crippen LogP contribution in [0.15, 0.2) is 6.20 Å². The van der Waals surface area contributed by atoms with Crippen molar-refractivity contribution in [1.82, 2.24) is 9.97 Å². The summed E-state index contributed by atoms with van der Waals surface area (Å²) < 4.78 is 0. The van der Waals surface area contributed by atoms with E-state index in [0.717, 1.165) is 36.2 Å². The number of anilines is 1. The number of hydrogen-bond acceptors (Lipinski definition) is 4. The molecule has 1 aliphatic rings. The molecule has 1 aliphatic heterocycles. The van der Waals surface area contributed by atoms with Gasteiger partial charge in [0.2, 0.25) is 0 Å². The monoisotopic (exact) mass is 276 g/mol. The van der Waals surface area contributed by atoms with E-state index in [1.807, 2.05) is 6.20 Å². The third kappa shape index (κ3) is 3.48. The first kappa shape index (κ1) is 15.2. The average molecular weight is 276 g/mol. The van der Waals surface area contributed by atoms with E-state index in [1.54, 1.807) is 0 Å². The molecule has 0 amide bonds. The van der Waals surface area contributed by atoms with Crippen molar-refractivity contribution >= 4 is 5.69 Å². The summed E-state index contributed by atoms with van der Waals surface area (Å²) in [5.74, 6) is 2.15. The Bertz CT molecular complexity index is 422. The molecular weight excluding hydrogens is 248 g/mol. The lowest BCUT2D eigenvalue weighted by Crippen LogP contribution is -2.35. The molecule has 0 atom stereocenters. The highest BCUT2D eigenvalue weighted by atomic mass is 15.2. The molecule has 112 valence electrons. The summed E-state index contributed by atoms with van der Waals surface area (Å²) in [6, 6.07) is 0. The number of hydrogen-bond donors (Lipinski definition) is 1. The predicted octanol–water partition coefficient (Wildman–Crippen LogP) is 3.08. The highest BCUT2D eigenvalue weighted by Crippen LogP contribution is 2.27. The zero-order valence-electron chi connectivity index (χ0n) is 13.1. The van der Waals surface area contributed by atoms with Crippen molar-refractivity contribution < 1.29 is 0 Å². The van der Waals surface area contributed by atoms with Gasteiger partial charge in [0.25, 0.3) is 0 Å². The molecule has 4 heteroatoms. The largest absolute Gasteiger partial charge is 0.369 e. The number of rotatable bonds is 5. The van der Waals surface area contributed by atoms with Gasteiger partial charge in [-0.3, -0.25) is 0 Å². The quantitative estimate of drug-likeness (QED) is 0.898. The maximum atomic E-state index is 5.88. The van der Waals surface area contributed by atoms with E-state index in [1.165, 1.54) is 25.7 Å². The Kier molecular flexibility index (Phi) is 5.35. The van der Waals surface area contributed by atoms with Gasteiger partial charge in [-0.25, -0.2) is 9.97 Å². The van der Waals surface area contributed by atoms with Crippen LogP contribution in [0.1, 0.15) is 63.9 Å². The summed E-state index contributed by atoms with van der Waals surface area (Å²) in [6.45, 7) is 9.23. The fourth-order valence-corrected chi connectivity index (χ4v) is 2.99. The van der Waals surface area contributed by atoms with Crippen molar-refractivity contribution in [3.8, 4) is 0 Å². The third-order valence-electron chi connectivity index (χ3n) is 4.23. The fourth-order valence-electron chi connectivity index (χ4n) is 2.99. The normalized spacial score (nSPS) is 16.9. The zero-order valence-corrected chi connectivity index (χ0v) is 13.1. The van der Waals surface area contributed by atoms with Gasteiger partial charge >= 0.3 is 0 Å². The maximum Gasteiger partial charge on any atom is 0.131 e. The minimum Gasteiger partial charge on any atom is -0.369 e. The molecule has 1 saturated heterocycles. The molecule has 0 unspecified atom stereocenters. The molecule has 0 aliphatic carbocycles. The molecule has 1 aromatic rings. The number of aromatic nitrogens is 2. The van der Waals surface area contributed by atoms with E-state index in [9.17, 15) is 0 Å². The van der Waals surface area contributed by atoms with Crippen LogP contribution in [0.4, 0.5) is 5.69 Å². The minimum absolute atomic E-state index is 0.352. The van der Waals surface area contributed by atoms with E-state index in [4.69, 9.17) is 5.73 Å². The van der Waals surface area contributed by atoms with Gasteiger partial charge in [0.15, 0.2) is 0 Å². The molecule has 4 nitrogen and oxygen atoms in total. The van der Waals surface area contributed by atoms with Gasteiger partial charge in [-0.1, -0.05) is 33.6 Å². The van der Waals surface area contributed by atoms with Crippen LogP contribution in [-0.4, -0.2) is 23.1 Å². The molecule has 2 rings (SSSR count). The summed E-state index contributed by atoms with van der Waals surface area (Å²) in [7, 11) is 0. The second-order valence-electron chi connectivity index (χ2n) is 6.14. The van der Waals surface area contributed by atoms with Gasteiger partial charge in [0.1, 0.15) is 5.82 Å². The summed E-state index contributed by atoms with van der Waals surface area (Å²) in [5, 5.41) is 0. The maximum absolute atomic E-state index is 5.88. The lowest BCUT2D eigenvalue weighted by atomic mass is 9.92. The van der Waals surface area contributed by atoms with Gasteiger partial charge in [0, 0.05) is 25.6 Å². The Morgan fingerprint density at radius 2 is 2.05 bits per heavy atom. The van der Waals surface area contributed by atoms with Gasteiger partial charge in [0.05, 0.1) is 17.6 Å². The lowest BCUT2D eigenvalue weighted by molar-refractivity contribution is 0.378. The van der Waals surface area contributed by atoms with Gasteiger partial charge in [-0.2, -0.15) is 0 Å². The van der Waals surface area contributed by atoms with Gasteiger partial charge in [-0.05, 0) is 18.8 Å². The Hall–Kier alpha value is -1.16. The van der Waals surface area contributed by atoms with E-state index >= 15 is 0 Å². The standard InChI is InChI=1S/C16H28N4/c1-4-5-13-6-8-20(9-7-13)15-11-18-16(12(2)3)19-14(15)10-17/h11-13H,4-10,17H2,1-3H3. The van der Waals surface area contributed by atoms with Crippen LogP contribution in [0.25, 0.3) is 0 Å². The highest BCUT2D eigenvalue weighted by Gasteiger charge is 2.21. The predicted molar refractivity (Wildman–Crippen MR) is 83.9 cm³/mol. The number of nitrogens with two attached hydrogens (primary N) is 1. The molecule has 0 saturated carbocycles. The Morgan fingerprint density at radius 3 is 2.60 bits per heavy atom. The molecule has 2 heterocycles. The van der Waals surface area contributed by atoms with Crippen LogP contribution in [-0.2, 0) is 6.54 Å². The number of nitrogens with zero attached hydrogens (tertiary/aromatic N) is 3. The van der Waals surface area contributed by atoms with Crippen molar-refractivity contribution in [3.05, 3.63) is 17.7 Å². The van der Waals surface area contributed by atoms with E-state index < -0.39 is 0 Å². The van der Waals surface area contributed by atoms with Gasteiger partial charge in [-0.15, -0.1) is 0 Å². The van der Waals surface area contributed by atoms with Crippen molar-refractivity contribution in [2.24, 2.45) is 11.7 Å². The zero-order chi connectivity index (χ0) is 14.5. The van der Waals surface area contributed by atoms with Crippen LogP contribution >= 0.6 is 0 Å². The average Bonchev–Trinajstić information content (AvgIpc) is 2.47. The molecule has 2 N–H and O–H groups in total. The Labute approximate surface area is 122 Å². The van der Waals surface area contributed by atoms with E-state index in [0.29, 0.717) is 12.5 Å². The van der Waals surface area contributed by atoms with E-state index in [2.05, 4.69) is 35.6 Å². The van der Waals surface area contributed by atoms with Crippen molar-refractivity contribution in [2.45, 2.75) is 58.9 Å². The molecular formula is C16H28N4. The SMILES string of the molecule is CCCC1CCN(c2cnc(C(C)C)nc2CN)CC1. The topological polar surface area (TPSA) is 55.0 Å². The van der Waals surface area contributed by atoms with Crippen LogP contribution in [0, 0.1) is 5.92 Å². The fraction of sp³-hybridized carbons (Fsp3) is 0.750. The van der Waals surface area contributed by atoms with Crippen LogP contribution in [0.5, 0.6) is 0 Å². The Balaban J connectivity index is 2.09. The first-order valence-electron chi connectivity index (χ1n) is 7.96. The van der Waals surface area contributed by atoms with Crippen molar-refractivity contribution in [2.75, 3.05) is 18.0 Å². The molecule has 1 aromatic heterocycles. The molecule has 1 fully saturated rings. The van der Waals surface area contributed by atoms with Crippen LogP contribution in [0.2, 0.25) is 0 Å². The van der Waals surface area contributed by atoms with Gasteiger partial charge < -0.3 is 10.6 Å². The van der Waals surface area contributed by atoms with E-state index in [-0.39, 0.29) is 0 Å². The summed E-state index contributed by atoms with van der Waals surface area (Å²) in [6.07, 6.45) is 7.20. The molecule has 0 aromatic carbocycles. The second kappa shape index (κ2) is 7.02. The van der Waals surface area contributed by atoms with Crippen molar-refractivity contribution in [1.29, 1.82) is 0 Å². The Morgan fingerprint density at radius 1 is 1.35 bits per heavy atom. The lowest BCUT2D eigenvalue weighted by Gasteiger charge is -2.34. The summed E-state index contributed by atoms with van der Waals surface area (Å²) >= 11 is 0. The first-order valence-corrected chi connectivity index (χ1v) is 7.96. The summed E-state index contributed by atoms with van der Waals surface area (Å²) in [5.41, 5.74) is 8.03. The number of piperidine rings is 1. The van der Waals surface area contributed by atoms with Crippen LogP contribution in [0.3, 0.4) is 0 Å². The molecule has 0 spiro atoms. The van der Waals surface area contributed by atoms with Crippen molar-refractivity contribution in [3.63, 3.8) is 0 Å². The highest BCUT2D eigenvalue weighted by molar-refractivity contribution is 5.49. The molecule has 20 heavy (non-hydrogen) atoms. The first-order chi connectivity index (χ1) is 9.65. The third-order valence-corrected chi connectivity index (χ3v) is 4.23. The smallest absolute Gasteiger partial charge is 0.131 e. The second-order valence-corrected chi connectivity index (χ2v) is 6.14. The molecule has 0 radical (unpaired) electrons. The van der Waals surface area contributed by atoms with Crippen LogP contribution < -0.4 is 10.6 Å². The summed E-state index contributed by atoms with van der Waals surface area (Å²) in [4.78, 5) is 11.6.